The lowest BCUT2D eigenvalue weighted by atomic mass is 10.1. The van der Waals surface area contributed by atoms with Crippen molar-refractivity contribution in [1.29, 1.82) is 0 Å². The first-order chi connectivity index (χ1) is 5.86. The number of hydrogen-bond acceptors (Lipinski definition) is 1. The van der Waals surface area contributed by atoms with Crippen LogP contribution in [-0.2, 0) is 6.54 Å². The van der Waals surface area contributed by atoms with Crippen molar-refractivity contribution in [2.75, 3.05) is 0 Å². The number of allylic oxidation sites excluding steroid dienone is 1. The van der Waals surface area contributed by atoms with Gasteiger partial charge in [-0.3, -0.25) is 0 Å². The van der Waals surface area contributed by atoms with Crippen LogP contribution in [0.4, 0.5) is 0 Å². The van der Waals surface area contributed by atoms with Crippen LogP contribution >= 0.6 is 0 Å². The molecule has 0 atom stereocenters. The second-order valence-corrected chi connectivity index (χ2v) is 2.37. The Kier molecular flexibility index (Phi) is 3.13. The van der Waals surface area contributed by atoms with E-state index in [-0.39, 0.29) is 0 Å². The molecule has 1 nitrogen and oxygen atoms in total. The van der Waals surface area contributed by atoms with Crippen LogP contribution in [0.15, 0.2) is 36.9 Å². The number of benzene rings is 1. The summed E-state index contributed by atoms with van der Waals surface area (Å²) in [6, 6.07) is 7.87. The Hall–Kier alpha value is -1.52. The van der Waals surface area contributed by atoms with Crippen LogP contribution in [0, 0.1) is 11.8 Å². The fourth-order valence-corrected chi connectivity index (χ4v) is 0.859. The van der Waals surface area contributed by atoms with Crippen molar-refractivity contribution in [3.05, 3.63) is 48.0 Å². The molecule has 0 bridgehead atoms. The van der Waals surface area contributed by atoms with Crippen LogP contribution in [0.2, 0.25) is 0 Å². The summed E-state index contributed by atoms with van der Waals surface area (Å²) in [5, 5.41) is 0. The van der Waals surface area contributed by atoms with Crippen molar-refractivity contribution in [2.45, 2.75) is 6.54 Å². The van der Waals surface area contributed by atoms with Gasteiger partial charge in [-0.25, -0.2) is 0 Å². The molecule has 0 aliphatic heterocycles. The van der Waals surface area contributed by atoms with Crippen LogP contribution in [0.25, 0.3) is 0 Å². The maximum Gasteiger partial charge on any atom is 0.0249 e. The summed E-state index contributed by atoms with van der Waals surface area (Å²) < 4.78 is 0. The smallest absolute Gasteiger partial charge is 0.0249 e. The Morgan fingerprint density at radius 3 is 2.50 bits per heavy atom. The highest BCUT2D eigenvalue weighted by Gasteiger charge is 1.87. The summed E-state index contributed by atoms with van der Waals surface area (Å²) in [5.74, 6) is 5.72. The highest BCUT2D eigenvalue weighted by molar-refractivity contribution is 5.37. The molecule has 1 rings (SSSR count). The predicted octanol–water partition coefficient (Wildman–Crippen LogP) is 1.68. The second kappa shape index (κ2) is 4.38. The van der Waals surface area contributed by atoms with Crippen LogP contribution in [0.1, 0.15) is 11.1 Å². The van der Waals surface area contributed by atoms with E-state index < -0.39 is 0 Å². The van der Waals surface area contributed by atoms with Gasteiger partial charge in [-0.1, -0.05) is 30.6 Å². The summed E-state index contributed by atoms with van der Waals surface area (Å²) >= 11 is 0. The fourth-order valence-electron chi connectivity index (χ4n) is 0.859. The third-order valence-electron chi connectivity index (χ3n) is 1.51. The van der Waals surface area contributed by atoms with E-state index in [0.29, 0.717) is 6.54 Å². The molecule has 1 aromatic rings. The minimum Gasteiger partial charge on any atom is -0.326 e. The van der Waals surface area contributed by atoms with Crippen molar-refractivity contribution in [1.82, 2.24) is 0 Å². The highest BCUT2D eigenvalue weighted by Crippen LogP contribution is 2.01. The van der Waals surface area contributed by atoms with Gasteiger partial charge in [0.1, 0.15) is 0 Å². The molecule has 0 heterocycles. The van der Waals surface area contributed by atoms with Gasteiger partial charge >= 0.3 is 0 Å². The molecule has 0 aliphatic carbocycles. The fraction of sp³-hybridized carbons (Fsp3) is 0.0909. The van der Waals surface area contributed by atoms with Crippen LogP contribution in [0.3, 0.4) is 0 Å². The lowest BCUT2D eigenvalue weighted by Crippen LogP contribution is -1.95. The summed E-state index contributed by atoms with van der Waals surface area (Å²) in [5.41, 5.74) is 7.56. The Labute approximate surface area is 72.9 Å². The molecule has 1 heteroatoms. The van der Waals surface area contributed by atoms with Gasteiger partial charge in [0, 0.05) is 12.1 Å². The van der Waals surface area contributed by atoms with Gasteiger partial charge in [-0.15, -0.1) is 0 Å². The first kappa shape index (κ1) is 8.58. The zero-order chi connectivity index (χ0) is 8.81. The van der Waals surface area contributed by atoms with Gasteiger partial charge in [0.25, 0.3) is 0 Å². The average Bonchev–Trinajstić information content (AvgIpc) is 2.15. The SMILES string of the molecule is C=CC#Cc1ccc(CN)cc1. The van der Waals surface area contributed by atoms with Crippen molar-refractivity contribution in [3.8, 4) is 11.8 Å². The average molecular weight is 157 g/mol. The minimum atomic E-state index is 0.579. The van der Waals surface area contributed by atoms with Crippen molar-refractivity contribution in [3.63, 3.8) is 0 Å². The Bertz CT molecular complexity index is 311. The molecule has 0 aliphatic rings. The molecule has 0 aromatic heterocycles. The summed E-state index contributed by atoms with van der Waals surface area (Å²) in [6.45, 7) is 4.09. The van der Waals surface area contributed by atoms with Gasteiger partial charge in [0.15, 0.2) is 0 Å². The van der Waals surface area contributed by atoms with E-state index >= 15 is 0 Å². The standard InChI is InChI=1S/C11H11N/c1-2-3-4-10-5-7-11(9-12)8-6-10/h2,5-8H,1,9,12H2. The molecular weight excluding hydrogens is 146 g/mol. The zero-order valence-electron chi connectivity index (χ0n) is 6.88. The molecule has 0 spiro atoms. The third-order valence-corrected chi connectivity index (χ3v) is 1.51. The first-order valence-corrected chi connectivity index (χ1v) is 3.78. The van der Waals surface area contributed by atoms with Crippen molar-refractivity contribution >= 4 is 0 Å². The predicted molar refractivity (Wildman–Crippen MR) is 51.4 cm³/mol. The van der Waals surface area contributed by atoms with Gasteiger partial charge in [0.05, 0.1) is 0 Å². The quantitative estimate of drug-likeness (QED) is 0.617. The summed E-state index contributed by atoms with van der Waals surface area (Å²) in [4.78, 5) is 0. The highest BCUT2D eigenvalue weighted by atomic mass is 14.5. The number of nitrogens with two attached hydrogens (primary N) is 1. The molecule has 0 unspecified atom stereocenters. The monoisotopic (exact) mass is 157 g/mol. The van der Waals surface area contributed by atoms with Crippen molar-refractivity contribution < 1.29 is 0 Å². The largest absolute Gasteiger partial charge is 0.326 e. The Balaban J connectivity index is 2.84. The van der Waals surface area contributed by atoms with Crippen LogP contribution in [0.5, 0.6) is 0 Å². The lowest BCUT2D eigenvalue weighted by molar-refractivity contribution is 1.07. The molecule has 60 valence electrons. The molecule has 0 fully saturated rings. The third kappa shape index (κ3) is 2.26. The second-order valence-electron chi connectivity index (χ2n) is 2.37. The lowest BCUT2D eigenvalue weighted by Gasteiger charge is -1.94. The van der Waals surface area contributed by atoms with E-state index in [4.69, 9.17) is 5.73 Å². The minimum absolute atomic E-state index is 0.579. The van der Waals surface area contributed by atoms with Crippen LogP contribution < -0.4 is 5.73 Å². The molecular formula is C11H11N. The first-order valence-electron chi connectivity index (χ1n) is 3.78. The number of rotatable bonds is 1. The topological polar surface area (TPSA) is 26.0 Å². The van der Waals surface area contributed by atoms with Crippen LogP contribution in [-0.4, -0.2) is 0 Å². The van der Waals surface area contributed by atoms with Gasteiger partial charge in [-0.2, -0.15) is 0 Å². The molecule has 1 aromatic carbocycles. The van der Waals surface area contributed by atoms with E-state index in [1.165, 1.54) is 0 Å². The maximum atomic E-state index is 5.45. The number of hydrogen-bond donors (Lipinski definition) is 1. The molecule has 12 heavy (non-hydrogen) atoms. The molecule has 0 saturated heterocycles. The van der Waals surface area contributed by atoms with E-state index in [0.717, 1.165) is 11.1 Å². The summed E-state index contributed by atoms with van der Waals surface area (Å²) in [7, 11) is 0. The van der Waals surface area contributed by atoms with Gasteiger partial charge in [-0.05, 0) is 23.8 Å². The van der Waals surface area contributed by atoms with E-state index in [9.17, 15) is 0 Å². The summed E-state index contributed by atoms with van der Waals surface area (Å²) in [6.07, 6.45) is 1.58. The van der Waals surface area contributed by atoms with E-state index in [1.807, 2.05) is 24.3 Å². The molecule has 0 radical (unpaired) electrons. The molecule has 0 saturated carbocycles. The Morgan fingerprint density at radius 1 is 1.33 bits per heavy atom. The van der Waals surface area contributed by atoms with E-state index in [1.54, 1.807) is 6.08 Å². The maximum absolute atomic E-state index is 5.45. The Morgan fingerprint density at radius 2 is 2.00 bits per heavy atom. The normalized spacial score (nSPS) is 8.42. The van der Waals surface area contributed by atoms with Gasteiger partial charge in [0.2, 0.25) is 0 Å². The zero-order valence-corrected chi connectivity index (χ0v) is 6.88. The van der Waals surface area contributed by atoms with E-state index in [2.05, 4.69) is 18.4 Å². The molecule has 2 N–H and O–H groups in total. The van der Waals surface area contributed by atoms with Crippen molar-refractivity contribution in [2.24, 2.45) is 5.73 Å². The molecule has 0 amide bonds. The van der Waals surface area contributed by atoms with Gasteiger partial charge < -0.3 is 5.73 Å².